The third-order valence-corrected chi connectivity index (χ3v) is 3.18. The van der Waals surface area contributed by atoms with Crippen LogP contribution in [0.3, 0.4) is 0 Å². The average Bonchev–Trinajstić information content (AvgIpc) is 2.96. The van der Waals surface area contributed by atoms with Gasteiger partial charge in [-0.25, -0.2) is 4.79 Å². The molecule has 2 heterocycles. The standard InChI is InChI=1S/C14H13N3O6/c1-3-21-14(18)11-7(2)22-13(16)8(6-15)12(11)9-4-5-10(23-9)17(19)20/h4-5,12H,3,16H2,1-2H3. The van der Waals surface area contributed by atoms with Gasteiger partial charge in [0.05, 0.1) is 24.2 Å². The summed E-state index contributed by atoms with van der Waals surface area (Å²) in [4.78, 5) is 22.2. The third-order valence-electron chi connectivity index (χ3n) is 3.18. The average molecular weight is 319 g/mol. The van der Waals surface area contributed by atoms with Crippen molar-refractivity contribution in [2.24, 2.45) is 5.73 Å². The van der Waals surface area contributed by atoms with Gasteiger partial charge in [-0.15, -0.1) is 0 Å². The quantitative estimate of drug-likeness (QED) is 0.503. The Kier molecular flexibility index (Phi) is 4.36. The number of nitro groups is 1. The molecule has 1 atom stereocenters. The molecule has 1 aliphatic rings. The lowest BCUT2D eigenvalue weighted by molar-refractivity contribution is -0.402. The van der Waals surface area contributed by atoms with Crippen molar-refractivity contribution < 1.29 is 23.6 Å². The zero-order chi connectivity index (χ0) is 17.1. The second kappa shape index (κ2) is 6.23. The van der Waals surface area contributed by atoms with Gasteiger partial charge in [0.1, 0.15) is 28.1 Å². The van der Waals surface area contributed by atoms with E-state index in [2.05, 4.69) is 0 Å². The van der Waals surface area contributed by atoms with E-state index >= 15 is 0 Å². The Bertz CT molecular complexity index is 768. The molecule has 0 saturated heterocycles. The van der Waals surface area contributed by atoms with Gasteiger partial charge in [0.2, 0.25) is 5.88 Å². The van der Waals surface area contributed by atoms with E-state index in [-0.39, 0.29) is 35.2 Å². The van der Waals surface area contributed by atoms with Crippen LogP contribution in [0.15, 0.2) is 39.3 Å². The minimum Gasteiger partial charge on any atom is -0.463 e. The monoisotopic (exact) mass is 319 g/mol. The van der Waals surface area contributed by atoms with Gasteiger partial charge < -0.3 is 19.6 Å². The first-order valence-electron chi connectivity index (χ1n) is 6.60. The zero-order valence-electron chi connectivity index (χ0n) is 12.4. The number of rotatable bonds is 4. The van der Waals surface area contributed by atoms with Crippen LogP contribution < -0.4 is 5.73 Å². The molecule has 2 rings (SSSR count). The minimum atomic E-state index is -1.03. The second-order valence-corrected chi connectivity index (χ2v) is 4.55. The van der Waals surface area contributed by atoms with Gasteiger partial charge in [0, 0.05) is 0 Å². The van der Waals surface area contributed by atoms with Crippen LogP contribution in [-0.4, -0.2) is 17.5 Å². The second-order valence-electron chi connectivity index (χ2n) is 4.55. The Morgan fingerprint density at radius 2 is 2.26 bits per heavy atom. The first kappa shape index (κ1) is 16.1. The first-order chi connectivity index (χ1) is 10.9. The number of ether oxygens (including phenoxy) is 2. The van der Waals surface area contributed by atoms with Crippen LogP contribution in [0.4, 0.5) is 5.88 Å². The number of hydrogen-bond donors (Lipinski definition) is 1. The van der Waals surface area contributed by atoms with E-state index < -0.39 is 22.7 Å². The van der Waals surface area contributed by atoms with Crippen molar-refractivity contribution in [3.8, 4) is 6.07 Å². The Balaban J connectivity index is 2.59. The van der Waals surface area contributed by atoms with Gasteiger partial charge >= 0.3 is 11.9 Å². The lowest BCUT2D eigenvalue weighted by atomic mass is 9.87. The molecular formula is C14H13N3O6. The van der Waals surface area contributed by atoms with Crippen LogP contribution >= 0.6 is 0 Å². The molecular weight excluding hydrogens is 306 g/mol. The third kappa shape index (κ3) is 2.87. The summed E-state index contributed by atoms with van der Waals surface area (Å²) in [6.45, 7) is 3.22. The molecule has 0 radical (unpaired) electrons. The Morgan fingerprint density at radius 1 is 1.57 bits per heavy atom. The van der Waals surface area contributed by atoms with Crippen LogP contribution in [0.1, 0.15) is 25.5 Å². The number of nitrogens with zero attached hydrogens (tertiary/aromatic N) is 2. The largest absolute Gasteiger partial charge is 0.463 e. The number of furan rings is 1. The van der Waals surface area contributed by atoms with E-state index in [1.165, 1.54) is 13.0 Å². The highest BCUT2D eigenvalue weighted by atomic mass is 16.6. The number of carbonyl (C=O) groups excluding carboxylic acids is 1. The Labute approximate surface area is 130 Å². The van der Waals surface area contributed by atoms with E-state index in [9.17, 15) is 20.2 Å². The fourth-order valence-corrected chi connectivity index (χ4v) is 2.23. The molecule has 0 saturated carbocycles. The molecule has 23 heavy (non-hydrogen) atoms. The van der Waals surface area contributed by atoms with Crippen molar-refractivity contribution in [2.75, 3.05) is 6.61 Å². The van der Waals surface area contributed by atoms with Crippen molar-refractivity contribution >= 4 is 11.9 Å². The first-order valence-corrected chi connectivity index (χ1v) is 6.60. The molecule has 1 aromatic rings. The molecule has 120 valence electrons. The number of carbonyl (C=O) groups is 1. The summed E-state index contributed by atoms with van der Waals surface area (Å²) in [6, 6.07) is 4.29. The number of allylic oxidation sites excluding steroid dienone is 2. The maximum atomic E-state index is 12.2. The van der Waals surface area contributed by atoms with Crippen LogP contribution in [0.5, 0.6) is 0 Å². The van der Waals surface area contributed by atoms with Crippen LogP contribution in [-0.2, 0) is 14.3 Å². The van der Waals surface area contributed by atoms with E-state index in [4.69, 9.17) is 19.6 Å². The summed E-state index contributed by atoms with van der Waals surface area (Å²) in [7, 11) is 0. The molecule has 2 N–H and O–H groups in total. The molecule has 0 spiro atoms. The lowest BCUT2D eigenvalue weighted by Crippen LogP contribution is -2.25. The number of hydrogen-bond acceptors (Lipinski definition) is 8. The van der Waals surface area contributed by atoms with Gasteiger partial charge in [-0.2, -0.15) is 5.26 Å². The summed E-state index contributed by atoms with van der Waals surface area (Å²) in [5, 5.41) is 20.1. The fraction of sp³-hybridized carbons (Fsp3) is 0.286. The molecule has 0 bridgehead atoms. The molecule has 0 aromatic carbocycles. The van der Waals surface area contributed by atoms with Crippen molar-refractivity contribution in [1.29, 1.82) is 5.26 Å². The van der Waals surface area contributed by atoms with Crippen LogP contribution in [0.25, 0.3) is 0 Å². The Morgan fingerprint density at radius 3 is 2.78 bits per heavy atom. The van der Waals surface area contributed by atoms with Gasteiger partial charge in [-0.05, 0) is 19.9 Å². The molecule has 1 aliphatic heterocycles. The SMILES string of the molecule is CCOC(=O)C1=C(C)OC(N)=C(C#N)C1c1ccc([N+](=O)[O-])o1. The molecule has 9 heteroatoms. The van der Waals surface area contributed by atoms with E-state index in [0.29, 0.717) is 0 Å². The summed E-state index contributed by atoms with van der Waals surface area (Å²) in [5.41, 5.74) is 5.62. The van der Waals surface area contributed by atoms with Crippen molar-refractivity contribution in [3.63, 3.8) is 0 Å². The highest BCUT2D eigenvalue weighted by Crippen LogP contribution is 2.40. The van der Waals surface area contributed by atoms with Crippen LogP contribution in [0.2, 0.25) is 0 Å². The van der Waals surface area contributed by atoms with Gasteiger partial charge in [0.25, 0.3) is 0 Å². The number of esters is 1. The molecule has 0 aliphatic carbocycles. The molecule has 0 fully saturated rings. The molecule has 0 amide bonds. The van der Waals surface area contributed by atoms with Gasteiger partial charge in [0.15, 0.2) is 0 Å². The number of nitrogens with two attached hydrogens (primary N) is 1. The summed E-state index contributed by atoms with van der Waals surface area (Å²) >= 11 is 0. The summed E-state index contributed by atoms with van der Waals surface area (Å²) < 4.78 is 15.3. The smallest absolute Gasteiger partial charge is 0.433 e. The Hall–Kier alpha value is -3.28. The van der Waals surface area contributed by atoms with Crippen LogP contribution in [0, 0.1) is 21.4 Å². The number of nitriles is 1. The highest BCUT2D eigenvalue weighted by Gasteiger charge is 2.38. The summed E-state index contributed by atoms with van der Waals surface area (Å²) in [5.74, 6) is -2.27. The highest BCUT2D eigenvalue weighted by molar-refractivity contribution is 5.92. The van der Waals surface area contributed by atoms with E-state index in [1.54, 1.807) is 6.92 Å². The maximum absolute atomic E-state index is 12.2. The maximum Gasteiger partial charge on any atom is 0.433 e. The van der Waals surface area contributed by atoms with E-state index in [1.807, 2.05) is 6.07 Å². The zero-order valence-corrected chi connectivity index (χ0v) is 12.4. The lowest BCUT2D eigenvalue weighted by Gasteiger charge is -2.24. The fourth-order valence-electron chi connectivity index (χ4n) is 2.23. The normalized spacial score (nSPS) is 17.5. The molecule has 9 nitrogen and oxygen atoms in total. The predicted molar refractivity (Wildman–Crippen MR) is 75.3 cm³/mol. The van der Waals surface area contributed by atoms with E-state index in [0.717, 1.165) is 6.07 Å². The topological polar surface area (TPSA) is 142 Å². The van der Waals surface area contributed by atoms with Crippen molar-refractivity contribution in [1.82, 2.24) is 0 Å². The summed E-state index contributed by atoms with van der Waals surface area (Å²) in [6.07, 6.45) is 0. The molecule has 1 unspecified atom stereocenters. The minimum absolute atomic E-state index is 0.0156. The van der Waals surface area contributed by atoms with Crippen molar-refractivity contribution in [2.45, 2.75) is 19.8 Å². The van der Waals surface area contributed by atoms with Crippen molar-refractivity contribution in [3.05, 3.63) is 50.8 Å². The van der Waals surface area contributed by atoms with Gasteiger partial charge in [-0.1, -0.05) is 0 Å². The van der Waals surface area contributed by atoms with Gasteiger partial charge in [-0.3, -0.25) is 10.1 Å². The molecule has 1 aromatic heterocycles. The predicted octanol–water partition coefficient (Wildman–Crippen LogP) is 1.83.